The third-order valence-corrected chi connectivity index (χ3v) is 1.91. The van der Waals surface area contributed by atoms with Crippen LogP contribution in [0.5, 0.6) is 0 Å². The number of unbranched alkanes of at least 4 members (excludes halogenated alkanes) is 1. The molecule has 0 aromatic heterocycles. The predicted octanol–water partition coefficient (Wildman–Crippen LogP) is 1.53. The Hall–Kier alpha value is -0.610. The van der Waals surface area contributed by atoms with Crippen LogP contribution in [0.4, 0.5) is 0 Å². The highest BCUT2D eigenvalue weighted by molar-refractivity contribution is 5.81. The normalized spacial score (nSPS) is 12.7. The standard InChI is InChI=1S/C10H22N2O2/c1-3-5-6-13-7-8-14-9(4-2)10(11)12/h9H,3-8H2,1-2H3,(H3,11,12). The average Bonchev–Trinajstić information content (AvgIpc) is 2.16. The summed E-state index contributed by atoms with van der Waals surface area (Å²) in [4.78, 5) is 0. The largest absolute Gasteiger partial charge is 0.385 e. The van der Waals surface area contributed by atoms with Gasteiger partial charge in [-0.3, -0.25) is 5.41 Å². The molecule has 0 heterocycles. The SMILES string of the molecule is CCCCOCCOC(CC)C(=N)N. The van der Waals surface area contributed by atoms with Crippen LogP contribution in [-0.2, 0) is 9.47 Å². The highest BCUT2D eigenvalue weighted by atomic mass is 16.5. The number of hydrogen-bond donors (Lipinski definition) is 2. The van der Waals surface area contributed by atoms with Crippen molar-refractivity contribution in [2.75, 3.05) is 19.8 Å². The Morgan fingerprint density at radius 3 is 2.50 bits per heavy atom. The van der Waals surface area contributed by atoms with E-state index in [1.54, 1.807) is 0 Å². The predicted molar refractivity (Wildman–Crippen MR) is 57.7 cm³/mol. The molecule has 0 bridgehead atoms. The maximum absolute atomic E-state index is 7.21. The van der Waals surface area contributed by atoms with E-state index in [1.807, 2.05) is 6.92 Å². The van der Waals surface area contributed by atoms with E-state index in [1.165, 1.54) is 0 Å². The number of nitrogens with two attached hydrogens (primary N) is 1. The monoisotopic (exact) mass is 202 g/mol. The molecule has 4 nitrogen and oxygen atoms in total. The molecule has 0 aliphatic carbocycles. The number of hydrogen-bond acceptors (Lipinski definition) is 3. The summed E-state index contributed by atoms with van der Waals surface area (Å²) in [6.07, 6.45) is 2.73. The molecule has 0 spiro atoms. The molecule has 0 rings (SSSR count). The molecule has 0 saturated carbocycles. The minimum Gasteiger partial charge on any atom is -0.385 e. The van der Waals surface area contributed by atoms with Gasteiger partial charge in [-0.05, 0) is 12.8 Å². The van der Waals surface area contributed by atoms with E-state index in [0.717, 1.165) is 25.9 Å². The van der Waals surface area contributed by atoms with Crippen LogP contribution < -0.4 is 5.73 Å². The molecule has 3 N–H and O–H groups in total. The van der Waals surface area contributed by atoms with Crippen LogP contribution in [0.25, 0.3) is 0 Å². The fourth-order valence-corrected chi connectivity index (χ4v) is 1.03. The van der Waals surface area contributed by atoms with Gasteiger partial charge in [-0.15, -0.1) is 0 Å². The maximum Gasteiger partial charge on any atom is 0.120 e. The third kappa shape index (κ3) is 6.86. The first-order valence-corrected chi connectivity index (χ1v) is 5.25. The molecule has 0 aliphatic rings. The molecule has 84 valence electrons. The van der Waals surface area contributed by atoms with Crippen LogP contribution >= 0.6 is 0 Å². The Bertz CT molecular complexity index is 151. The van der Waals surface area contributed by atoms with Crippen molar-refractivity contribution in [3.05, 3.63) is 0 Å². The summed E-state index contributed by atoms with van der Waals surface area (Å²) in [5, 5.41) is 7.21. The Balaban J connectivity index is 3.29. The Labute approximate surface area is 86.3 Å². The summed E-state index contributed by atoms with van der Waals surface area (Å²) >= 11 is 0. The van der Waals surface area contributed by atoms with Crippen LogP contribution in [0.2, 0.25) is 0 Å². The van der Waals surface area contributed by atoms with Gasteiger partial charge >= 0.3 is 0 Å². The van der Waals surface area contributed by atoms with Crippen LogP contribution in [-0.4, -0.2) is 31.8 Å². The summed E-state index contributed by atoms with van der Waals surface area (Å²) < 4.78 is 10.7. The molecular formula is C10H22N2O2. The number of amidine groups is 1. The van der Waals surface area contributed by atoms with Crippen molar-refractivity contribution in [1.82, 2.24) is 0 Å². The van der Waals surface area contributed by atoms with Crippen LogP contribution in [0.1, 0.15) is 33.1 Å². The third-order valence-electron chi connectivity index (χ3n) is 1.91. The molecule has 0 aliphatic heterocycles. The zero-order valence-electron chi connectivity index (χ0n) is 9.21. The van der Waals surface area contributed by atoms with Gasteiger partial charge in [0.2, 0.25) is 0 Å². The summed E-state index contributed by atoms with van der Waals surface area (Å²) in [6, 6.07) is 0. The molecule has 0 radical (unpaired) electrons. The average molecular weight is 202 g/mol. The minimum absolute atomic E-state index is 0.0982. The summed E-state index contributed by atoms with van der Waals surface area (Å²) in [7, 11) is 0. The molecule has 4 heteroatoms. The molecule has 0 amide bonds. The Kier molecular flexibility index (Phi) is 8.57. The molecule has 0 saturated heterocycles. The van der Waals surface area contributed by atoms with Crippen LogP contribution in [0.15, 0.2) is 0 Å². The Morgan fingerprint density at radius 1 is 1.29 bits per heavy atom. The molecular weight excluding hydrogens is 180 g/mol. The smallest absolute Gasteiger partial charge is 0.120 e. The van der Waals surface area contributed by atoms with Crippen LogP contribution in [0, 0.1) is 5.41 Å². The second kappa shape index (κ2) is 8.97. The fraction of sp³-hybridized carbons (Fsp3) is 0.900. The van der Waals surface area contributed by atoms with Crippen molar-refractivity contribution in [2.45, 2.75) is 39.2 Å². The van der Waals surface area contributed by atoms with Gasteiger partial charge in [0, 0.05) is 6.61 Å². The lowest BCUT2D eigenvalue weighted by Gasteiger charge is -2.14. The van der Waals surface area contributed by atoms with Gasteiger partial charge in [0.1, 0.15) is 11.9 Å². The zero-order valence-corrected chi connectivity index (χ0v) is 9.21. The van der Waals surface area contributed by atoms with Gasteiger partial charge in [-0.25, -0.2) is 0 Å². The van der Waals surface area contributed by atoms with Crippen LogP contribution in [0.3, 0.4) is 0 Å². The second-order valence-corrected chi connectivity index (χ2v) is 3.19. The molecule has 14 heavy (non-hydrogen) atoms. The van der Waals surface area contributed by atoms with Crippen molar-refractivity contribution in [1.29, 1.82) is 5.41 Å². The lowest BCUT2D eigenvalue weighted by molar-refractivity contribution is 0.0275. The summed E-state index contributed by atoms with van der Waals surface area (Å²) in [5.74, 6) is 0.0982. The topological polar surface area (TPSA) is 68.3 Å². The quantitative estimate of drug-likeness (QED) is 0.338. The first-order valence-electron chi connectivity index (χ1n) is 5.25. The highest BCUT2D eigenvalue weighted by Crippen LogP contribution is 1.97. The minimum atomic E-state index is -0.246. The van der Waals surface area contributed by atoms with Gasteiger partial charge < -0.3 is 15.2 Å². The van der Waals surface area contributed by atoms with Gasteiger partial charge in [-0.1, -0.05) is 20.3 Å². The van der Waals surface area contributed by atoms with Crippen molar-refractivity contribution in [2.24, 2.45) is 5.73 Å². The number of ether oxygens (including phenoxy) is 2. The van der Waals surface area contributed by atoms with E-state index >= 15 is 0 Å². The van der Waals surface area contributed by atoms with Gasteiger partial charge in [0.15, 0.2) is 0 Å². The van der Waals surface area contributed by atoms with E-state index in [0.29, 0.717) is 13.2 Å². The first-order chi connectivity index (χ1) is 6.72. The zero-order chi connectivity index (χ0) is 10.8. The number of rotatable bonds is 9. The lowest BCUT2D eigenvalue weighted by atomic mass is 10.2. The molecule has 0 fully saturated rings. The van der Waals surface area contributed by atoms with Gasteiger partial charge in [0.05, 0.1) is 13.2 Å². The van der Waals surface area contributed by atoms with E-state index < -0.39 is 0 Å². The molecule has 1 atom stereocenters. The fourth-order valence-electron chi connectivity index (χ4n) is 1.03. The summed E-state index contributed by atoms with van der Waals surface area (Å²) in [5.41, 5.74) is 5.33. The van der Waals surface area contributed by atoms with Crippen molar-refractivity contribution in [3.63, 3.8) is 0 Å². The van der Waals surface area contributed by atoms with Crippen molar-refractivity contribution in [3.8, 4) is 0 Å². The Morgan fingerprint density at radius 2 is 2.00 bits per heavy atom. The van der Waals surface area contributed by atoms with E-state index in [9.17, 15) is 0 Å². The van der Waals surface area contributed by atoms with E-state index in [-0.39, 0.29) is 11.9 Å². The maximum atomic E-state index is 7.21. The van der Waals surface area contributed by atoms with Gasteiger partial charge in [-0.2, -0.15) is 0 Å². The molecule has 0 aromatic carbocycles. The highest BCUT2D eigenvalue weighted by Gasteiger charge is 2.08. The molecule has 0 aromatic rings. The number of nitrogens with one attached hydrogen (secondary N) is 1. The van der Waals surface area contributed by atoms with E-state index in [4.69, 9.17) is 20.6 Å². The first kappa shape index (κ1) is 13.4. The summed E-state index contributed by atoms with van der Waals surface area (Å²) in [6.45, 7) is 5.97. The molecule has 1 unspecified atom stereocenters. The van der Waals surface area contributed by atoms with E-state index in [2.05, 4.69) is 6.92 Å². The lowest BCUT2D eigenvalue weighted by Crippen LogP contribution is -2.30. The van der Waals surface area contributed by atoms with Crippen molar-refractivity contribution >= 4 is 5.84 Å². The van der Waals surface area contributed by atoms with Crippen molar-refractivity contribution < 1.29 is 9.47 Å². The van der Waals surface area contributed by atoms with Gasteiger partial charge in [0.25, 0.3) is 0 Å². The second-order valence-electron chi connectivity index (χ2n) is 3.19.